The van der Waals surface area contributed by atoms with Gasteiger partial charge < -0.3 is 14.8 Å². The molecule has 2 aromatic rings. The SMILES string of the molecule is CN1CCC2(CCCN(C(=O)c3ccc4nc(C(F)F)[nH]c4c3)C2)CC1. The number of fused-ring (bicyclic) bond motifs is 1. The van der Waals surface area contributed by atoms with Gasteiger partial charge in [0.2, 0.25) is 0 Å². The van der Waals surface area contributed by atoms with Crippen LogP contribution in [0.15, 0.2) is 18.2 Å². The smallest absolute Gasteiger partial charge is 0.295 e. The molecule has 2 fully saturated rings. The number of halogens is 2. The number of H-pyrrole nitrogens is 1. The van der Waals surface area contributed by atoms with Crippen LogP contribution in [0.1, 0.15) is 48.3 Å². The fraction of sp³-hybridized carbons (Fsp3) is 0.579. The van der Waals surface area contributed by atoms with E-state index in [-0.39, 0.29) is 17.1 Å². The maximum Gasteiger partial charge on any atom is 0.295 e. The zero-order valence-corrected chi connectivity index (χ0v) is 15.0. The lowest BCUT2D eigenvalue weighted by molar-refractivity contribution is 0.0261. The third-order valence-corrected chi connectivity index (χ3v) is 5.95. The average Bonchev–Trinajstić information content (AvgIpc) is 3.08. The molecule has 1 aromatic heterocycles. The molecule has 5 nitrogen and oxygen atoms in total. The first-order valence-corrected chi connectivity index (χ1v) is 9.21. The number of imidazole rings is 1. The molecule has 2 aliphatic heterocycles. The Hall–Kier alpha value is -2.02. The van der Waals surface area contributed by atoms with Crippen molar-refractivity contribution < 1.29 is 13.6 Å². The van der Waals surface area contributed by atoms with Gasteiger partial charge in [0.25, 0.3) is 12.3 Å². The van der Waals surface area contributed by atoms with Crippen LogP contribution in [0, 0.1) is 5.41 Å². The van der Waals surface area contributed by atoms with Crippen LogP contribution in [0.2, 0.25) is 0 Å². The fourth-order valence-corrected chi connectivity index (χ4v) is 4.33. The fourth-order valence-electron chi connectivity index (χ4n) is 4.33. The predicted molar refractivity (Wildman–Crippen MR) is 95.4 cm³/mol. The Labute approximate surface area is 151 Å². The summed E-state index contributed by atoms with van der Waals surface area (Å²) in [6, 6.07) is 4.98. The van der Waals surface area contributed by atoms with Crippen LogP contribution in [-0.2, 0) is 0 Å². The van der Waals surface area contributed by atoms with Crippen LogP contribution < -0.4 is 0 Å². The second-order valence-electron chi connectivity index (χ2n) is 7.79. The molecule has 3 heterocycles. The number of piperidine rings is 2. The summed E-state index contributed by atoms with van der Waals surface area (Å²) in [6.07, 6.45) is 1.82. The lowest BCUT2D eigenvalue weighted by Gasteiger charge is -2.47. The van der Waals surface area contributed by atoms with Crippen molar-refractivity contribution in [2.45, 2.75) is 32.1 Å². The molecule has 0 unspecified atom stereocenters. The zero-order chi connectivity index (χ0) is 18.3. The molecule has 0 radical (unpaired) electrons. The Bertz CT molecular complexity index is 811. The predicted octanol–water partition coefficient (Wildman–Crippen LogP) is 3.45. The molecular formula is C19H24F2N4O. The minimum Gasteiger partial charge on any atom is -0.338 e. The number of nitrogens with one attached hydrogen (secondary N) is 1. The molecule has 1 spiro atoms. The standard InChI is InChI=1S/C19H24F2N4O/c1-24-9-6-19(7-10-24)5-2-8-25(12-19)18(26)13-3-4-14-15(11-13)23-17(22-14)16(20)21/h3-4,11,16H,2,5-10,12H2,1H3,(H,22,23). The van der Waals surface area contributed by atoms with Crippen molar-refractivity contribution in [3.8, 4) is 0 Å². The highest BCUT2D eigenvalue weighted by Crippen LogP contribution is 2.40. The molecule has 1 N–H and O–H groups in total. The number of carbonyl (C=O) groups excluding carboxylic acids is 1. The van der Waals surface area contributed by atoms with E-state index in [9.17, 15) is 13.6 Å². The minimum atomic E-state index is -2.65. The molecular weight excluding hydrogens is 338 g/mol. The summed E-state index contributed by atoms with van der Waals surface area (Å²) in [5, 5.41) is 0. The Kier molecular flexibility index (Phi) is 4.42. The number of hydrogen-bond acceptors (Lipinski definition) is 3. The summed E-state index contributed by atoms with van der Waals surface area (Å²) in [4.78, 5) is 23.8. The number of aromatic amines is 1. The van der Waals surface area contributed by atoms with Gasteiger partial charge in [-0.1, -0.05) is 0 Å². The lowest BCUT2D eigenvalue weighted by Crippen LogP contribution is -2.50. The summed E-state index contributed by atoms with van der Waals surface area (Å²) < 4.78 is 25.6. The maximum atomic E-state index is 13.0. The Morgan fingerprint density at radius 2 is 2.00 bits per heavy atom. The highest BCUT2D eigenvalue weighted by Gasteiger charge is 2.39. The molecule has 2 saturated heterocycles. The summed E-state index contributed by atoms with van der Waals surface area (Å²) in [7, 11) is 2.14. The molecule has 0 aliphatic carbocycles. The van der Waals surface area contributed by atoms with Gasteiger partial charge in [0, 0.05) is 18.7 Å². The molecule has 7 heteroatoms. The van der Waals surface area contributed by atoms with Crippen LogP contribution in [0.25, 0.3) is 11.0 Å². The van der Waals surface area contributed by atoms with Crippen LogP contribution in [-0.4, -0.2) is 58.9 Å². The van der Waals surface area contributed by atoms with Gasteiger partial charge >= 0.3 is 0 Å². The third kappa shape index (κ3) is 3.20. The van der Waals surface area contributed by atoms with Gasteiger partial charge in [0.05, 0.1) is 11.0 Å². The molecule has 0 saturated carbocycles. The number of nitrogens with zero attached hydrogens (tertiary/aromatic N) is 3. The molecule has 1 amide bonds. The first-order valence-electron chi connectivity index (χ1n) is 9.21. The van der Waals surface area contributed by atoms with E-state index in [1.165, 1.54) is 6.42 Å². The van der Waals surface area contributed by atoms with Crippen molar-refractivity contribution >= 4 is 16.9 Å². The summed E-state index contributed by atoms with van der Waals surface area (Å²) >= 11 is 0. The molecule has 0 bridgehead atoms. The van der Waals surface area contributed by atoms with Crippen molar-refractivity contribution in [1.29, 1.82) is 0 Å². The lowest BCUT2D eigenvalue weighted by atomic mass is 9.72. The second-order valence-corrected chi connectivity index (χ2v) is 7.79. The van der Waals surface area contributed by atoms with E-state index in [1.54, 1.807) is 18.2 Å². The number of benzene rings is 1. The Balaban J connectivity index is 1.54. The third-order valence-electron chi connectivity index (χ3n) is 5.95. The number of carbonyl (C=O) groups is 1. The van der Waals surface area contributed by atoms with Gasteiger partial charge in [0.1, 0.15) is 0 Å². The van der Waals surface area contributed by atoms with Gasteiger partial charge in [-0.25, -0.2) is 13.8 Å². The van der Waals surface area contributed by atoms with Crippen molar-refractivity contribution in [2.75, 3.05) is 33.2 Å². The van der Waals surface area contributed by atoms with E-state index >= 15 is 0 Å². The number of hydrogen-bond donors (Lipinski definition) is 1. The van der Waals surface area contributed by atoms with Crippen molar-refractivity contribution in [1.82, 2.24) is 19.8 Å². The number of amides is 1. The van der Waals surface area contributed by atoms with Crippen molar-refractivity contribution in [2.24, 2.45) is 5.41 Å². The molecule has 1 aromatic carbocycles. The van der Waals surface area contributed by atoms with Gasteiger partial charge in [-0.15, -0.1) is 0 Å². The first-order chi connectivity index (χ1) is 12.5. The van der Waals surface area contributed by atoms with E-state index in [2.05, 4.69) is 21.9 Å². The maximum absolute atomic E-state index is 13.0. The van der Waals surface area contributed by atoms with E-state index in [4.69, 9.17) is 0 Å². The number of aromatic nitrogens is 2. The van der Waals surface area contributed by atoms with E-state index in [1.807, 2.05) is 4.90 Å². The molecule has 2 aliphatic rings. The second kappa shape index (κ2) is 6.61. The summed E-state index contributed by atoms with van der Waals surface area (Å²) in [5.74, 6) is -0.369. The van der Waals surface area contributed by atoms with Gasteiger partial charge in [0.15, 0.2) is 5.82 Å². The van der Waals surface area contributed by atoms with Gasteiger partial charge in [-0.2, -0.15) is 0 Å². The normalized spacial score (nSPS) is 21.0. The van der Waals surface area contributed by atoms with Crippen LogP contribution in [0.4, 0.5) is 8.78 Å². The van der Waals surface area contributed by atoms with E-state index in [0.29, 0.717) is 16.6 Å². The van der Waals surface area contributed by atoms with E-state index < -0.39 is 6.43 Å². The molecule has 0 atom stereocenters. The average molecular weight is 362 g/mol. The highest BCUT2D eigenvalue weighted by atomic mass is 19.3. The monoisotopic (exact) mass is 362 g/mol. The summed E-state index contributed by atoms with van der Waals surface area (Å²) in [5.41, 5.74) is 1.72. The van der Waals surface area contributed by atoms with Crippen molar-refractivity contribution in [3.05, 3.63) is 29.6 Å². The molecule has 4 rings (SSSR count). The summed E-state index contributed by atoms with van der Waals surface area (Å²) in [6.45, 7) is 3.72. The van der Waals surface area contributed by atoms with Crippen LogP contribution >= 0.6 is 0 Å². The quantitative estimate of drug-likeness (QED) is 0.890. The van der Waals surface area contributed by atoms with Gasteiger partial charge in [-0.3, -0.25) is 4.79 Å². The zero-order valence-electron chi connectivity index (χ0n) is 15.0. The number of rotatable bonds is 2. The van der Waals surface area contributed by atoms with Crippen LogP contribution in [0.3, 0.4) is 0 Å². The minimum absolute atomic E-state index is 0.0156. The number of likely N-dealkylation sites (tertiary alicyclic amines) is 2. The highest BCUT2D eigenvalue weighted by molar-refractivity contribution is 5.97. The molecule has 140 valence electrons. The Morgan fingerprint density at radius 1 is 1.23 bits per heavy atom. The molecule has 26 heavy (non-hydrogen) atoms. The topological polar surface area (TPSA) is 52.2 Å². The number of alkyl halides is 2. The van der Waals surface area contributed by atoms with Crippen molar-refractivity contribution in [3.63, 3.8) is 0 Å². The largest absolute Gasteiger partial charge is 0.338 e. The first kappa shape index (κ1) is 17.4. The van der Waals surface area contributed by atoms with Crippen LogP contribution in [0.5, 0.6) is 0 Å². The Morgan fingerprint density at radius 3 is 2.73 bits per heavy atom. The van der Waals surface area contributed by atoms with E-state index in [0.717, 1.165) is 45.4 Å². The van der Waals surface area contributed by atoms with Gasteiger partial charge in [-0.05, 0) is 69.4 Å².